The van der Waals surface area contributed by atoms with Gasteiger partial charge in [-0.15, -0.1) is 22.7 Å². The first-order valence-electron chi connectivity index (χ1n) is 6.80. The molecule has 2 aromatic rings. The van der Waals surface area contributed by atoms with Gasteiger partial charge in [-0.05, 0) is 29.3 Å². The molecule has 5 heteroatoms. The molecular weight excluding hydrogens is 288 g/mol. The molecule has 0 spiro atoms. The smallest absolute Gasteiger partial charge is 0.313 e. The van der Waals surface area contributed by atoms with E-state index in [1.54, 1.807) is 22.7 Å². The highest BCUT2D eigenvalue weighted by atomic mass is 32.1. The van der Waals surface area contributed by atoms with Crippen molar-refractivity contribution in [1.29, 1.82) is 0 Å². The molecule has 0 fully saturated rings. The number of unbranched alkanes of at least 4 members (excludes halogenated alkanes) is 1. The van der Waals surface area contributed by atoms with Crippen molar-refractivity contribution < 1.29 is 4.79 Å². The molecular formula is C15H19N2OS2. The molecule has 0 unspecified atom stereocenters. The van der Waals surface area contributed by atoms with E-state index in [0.717, 1.165) is 12.8 Å². The Labute approximate surface area is 128 Å². The summed E-state index contributed by atoms with van der Waals surface area (Å²) in [6.07, 6.45) is 2.03. The Kier molecular flexibility index (Phi) is 6.08. The fraction of sp³-hybridized carbons (Fsp3) is 0.400. The van der Waals surface area contributed by atoms with Crippen molar-refractivity contribution in [2.75, 3.05) is 6.54 Å². The zero-order valence-corrected chi connectivity index (χ0v) is 13.3. The summed E-state index contributed by atoms with van der Waals surface area (Å²) in [6.45, 7) is 4.02. The van der Waals surface area contributed by atoms with E-state index in [4.69, 9.17) is 0 Å². The van der Waals surface area contributed by atoms with Gasteiger partial charge in [0.05, 0.1) is 13.1 Å². The number of carbonyl (C=O) groups is 1. The van der Waals surface area contributed by atoms with Gasteiger partial charge < -0.3 is 4.90 Å². The van der Waals surface area contributed by atoms with Gasteiger partial charge in [0, 0.05) is 16.3 Å². The summed E-state index contributed by atoms with van der Waals surface area (Å²) in [5.41, 5.74) is 0. The van der Waals surface area contributed by atoms with Gasteiger partial charge in [-0.1, -0.05) is 25.5 Å². The monoisotopic (exact) mass is 307 g/mol. The minimum Gasteiger partial charge on any atom is -0.313 e. The Morgan fingerprint density at radius 3 is 2.20 bits per heavy atom. The molecule has 0 N–H and O–H groups in total. The highest BCUT2D eigenvalue weighted by Crippen LogP contribution is 2.17. The molecule has 0 aromatic carbocycles. The Morgan fingerprint density at radius 1 is 1.15 bits per heavy atom. The van der Waals surface area contributed by atoms with E-state index >= 15 is 0 Å². The minimum atomic E-state index is -0.0970. The van der Waals surface area contributed by atoms with Gasteiger partial charge >= 0.3 is 6.03 Å². The summed E-state index contributed by atoms with van der Waals surface area (Å²) in [4.78, 5) is 16.5. The third kappa shape index (κ3) is 4.65. The van der Waals surface area contributed by atoms with Crippen LogP contribution in [0.3, 0.4) is 0 Å². The van der Waals surface area contributed by atoms with E-state index in [1.165, 1.54) is 9.75 Å². The standard InChI is InChI=1S/C15H19N2OS2/c1-2-3-8-16-15(18)17(11-13-6-4-9-19-13)12-14-7-5-10-20-14/h4-7,9-10H,2-3,8,11-12H2,1H3. The summed E-state index contributed by atoms with van der Waals surface area (Å²) in [5, 5.41) is 8.25. The second-order valence-electron chi connectivity index (χ2n) is 4.53. The van der Waals surface area contributed by atoms with Gasteiger partial charge in [0.1, 0.15) is 0 Å². The lowest BCUT2D eigenvalue weighted by molar-refractivity contribution is 0.192. The van der Waals surface area contributed by atoms with Crippen molar-refractivity contribution >= 4 is 28.7 Å². The summed E-state index contributed by atoms with van der Waals surface area (Å²) < 4.78 is 0. The number of rotatable bonds is 7. The van der Waals surface area contributed by atoms with E-state index < -0.39 is 0 Å². The van der Waals surface area contributed by atoms with Gasteiger partial charge in [-0.2, -0.15) is 0 Å². The topological polar surface area (TPSA) is 34.4 Å². The number of carbonyl (C=O) groups excluding carboxylic acids is 1. The Morgan fingerprint density at radius 2 is 1.75 bits per heavy atom. The maximum absolute atomic E-state index is 12.2. The van der Waals surface area contributed by atoms with Crippen LogP contribution in [0.5, 0.6) is 0 Å². The normalized spacial score (nSPS) is 10.4. The van der Waals surface area contributed by atoms with Crippen molar-refractivity contribution in [1.82, 2.24) is 10.2 Å². The molecule has 3 nitrogen and oxygen atoms in total. The lowest BCUT2D eigenvalue weighted by atomic mass is 10.3. The molecule has 0 atom stereocenters. The first-order valence-corrected chi connectivity index (χ1v) is 8.56. The van der Waals surface area contributed by atoms with Gasteiger partial charge in [0.15, 0.2) is 0 Å². The molecule has 0 aliphatic heterocycles. The van der Waals surface area contributed by atoms with Crippen molar-refractivity contribution in [3.05, 3.63) is 44.8 Å². The maximum Gasteiger partial charge on any atom is 0.339 e. The van der Waals surface area contributed by atoms with Crippen LogP contribution in [0.1, 0.15) is 29.5 Å². The highest BCUT2D eigenvalue weighted by molar-refractivity contribution is 7.10. The van der Waals surface area contributed by atoms with Gasteiger partial charge in [0.2, 0.25) is 0 Å². The number of hydrogen-bond donors (Lipinski definition) is 0. The van der Waals surface area contributed by atoms with Crippen LogP contribution in [-0.4, -0.2) is 17.5 Å². The third-order valence-electron chi connectivity index (χ3n) is 2.88. The Balaban J connectivity index is 1.97. The van der Waals surface area contributed by atoms with E-state index in [-0.39, 0.29) is 6.03 Å². The molecule has 2 rings (SSSR count). The summed E-state index contributed by atoms with van der Waals surface area (Å²) in [5.74, 6) is 0. The van der Waals surface area contributed by atoms with E-state index in [0.29, 0.717) is 19.6 Å². The average Bonchev–Trinajstić information content (AvgIpc) is 3.11. The second kappa shape index (κ2) is 8.07. The van der Waals surface area contributed by atoms with Crippen LogP contribution in [0.4, 0.5) is 4.79 Å². The first kappa shape index (κ1) is 15.1. The molecule has 2 amide bonds. The molecule has 107 valence electrons. The number of thiophene rings is 2. The largest absolute Gasteiger partial charge is 0.339 e. The molecule has 0 aliphatic carbocycles. The molecule has 1 radical (unpaired) electrons. The van der Waals surface area contributed by atoms with Crippen molar-refractivity contribution in [3.63, 3.8) is 0 Å². The highest BCUT2D eigenvalue weighted by Gasteiger charge is 2.16. The van der Waals surface area contributed by atoms with Crippen molar-refractivity contribution in [2.45, 2.75) is 32.9 Å². The van der Waals surface area contributed by atoms with Crippen LogP contribution in [0.25, 0.3) is 0 Å². The van der Waals surface area contributed by atoms with E-state index in [2.05, 4.69) is 24.4 Å². The third-order valence-corrected chi connectivity index (χ3v) is 4.61. The zero-order valence-electron chi connectivity index (χ0n) is 11.6. The lowest BCUT2D eigenvalue weighted by Crippen LogP contribution is -2.35. The zero-order chi connectivity index (χ0) is 14.2. The predicted octanol–water partition coefficient (Wildman–Crippen LogP) is 4.34. The van der Waals surface area contributed by atoms with E-state index in [9.17, 15) is 4.79 Å². The van der Waals surface area contributed by atoms with Gasteiger partial charge in [0.25, 0.3) is 0 Å². The average molecular weight is 307 g/mol. The van der Waals surface area contributed by atoms with Crippen LogP contribution in [-0.2, 0) is 13.1 Å². The molecule has 0 saturated carbocycles. The number of nitrogens with zero attached hydrogens (tertiary/aromatic N) is 2. The number of urea groups is 1. The van der Waals surface area contributed by atoms with Crippen LogP contribution in [0, 0.1) is 0 Å². The molecule has 2 aromatic heterocycles. The summed E-state index contributed by atoms with van der Waals surface area (Å²) in [7, 11) is 0. The van der Waals surface area contributed by atoms with Crippen LogP contribution in [0.15, 0.2) is 35.0 Å². The molecule has 0 saturated heterocycles. The van der Waals surface area contributed by atoms with Crippen LogP contribution < -0.4 is 5.32 Å². The molecule has 20 heavy (non-hydrogen) atoms. The Bertz CT molecular complexity index is 458. The quantitative estimate of drug-likeness (QED) is 0.701. The van der Waals surface area contributed by atoms with Gasteiger partial charge in [-0.3, -0.25) is 0 Å². The van der Waals surface area contributed by atoms with Crippen molar-refractivity contribution in [2.24, 2.45) is 0 Å². The SMILES string of the molecule is CCCC[N]C(=O)N(Cc1cccs1)Cc1cccs1. The van der Waals surface area contributed by atoms with Crippen LogP contribution in [0.2, 0.25) is 0 Å². The number of hydrogen-bond acceptors (Lipinski definition) is 3. The fourth-order valence-corrected chi connectivity index (χ4v) is 3.24. The molecule has 0 bridgehead atoms. The lowest BCUT2D eigenvalue weighted by Gasteiger charge is -2.20. The number of amides is 2. The summed E-state index contributed by atoms with van der Waals surface area (Å²) in [6, 6.07) is 8.06. The minimum absolute atomic E-state index is 0.0970. The molecule has 0 aliphatic rings. The predicted molar refractivity (Wildman–Crippen MR) is 85.2 cm³/mol. The van der Waals surface area contributed by atoms with Crippen LogP contribution >= 0.6 is 22.7 Å². The van der Waals surface area contributed by atoms with E-state index in [1.807, 2.05) is 27.8 Å². The Hall–Kier alpha value is -1.33. The summed E-state index contributed by atoms with van der Waals surface area (Å²) >= 11 is 3.35. The molecule has 2 heterocycles. The maximum atomic E-state index is 12.2. The fourth-order valence-electron chi connectivity index (χ4n) is 1.81. The van der Waals surface area contributed by atoms with Gasteiger partial charge in [-0.25, -0.2) is 10.1 Å². The first-order chi connectivity index (χ1) is 9.79. The second-order valence-corrected chi connectivity index (χ2v) is 6.60. The van der Waals surface area contributed by atoms with Crippen molar-refractivity contribution in [3.8, 4) is 0 Å².